The number of aldehydes is 1. The van der Waals surface area contributed by atoms with Crippen LogP contribution in [0.4, 0.5) is 0 Å². The molecule has 3 aliphatic carbocycles. The summed E-state index contributed by atoms with van der Waals surface area (Å²) in [6.45, 7) is 7.80. The topological polar surface area (TPSA) is 98.0 Å². The lowest BCUT2D eigenvalue weighted by molar-refractivity contribution is -0.167. The average Bonchev–Trinajstić information content (AvgIpc) is 3.28. The summed E-state index contributed by atoms with van der Waals surface area (Å²) >= 11 is 0. The van der Waals surface area contributed by atoms with Gasteiger partial charge in [0.15, 0.2) is 0 Å². The standard InChI is InChI=1S/C35H54O5/c1-25(2)11-8-14-28(27-12-6-5-7-13-27)15-9-16-29(24-38)31-19-21-35(33(31)39)32(17-10-22-36)30(26(3)23-37)18-20-34(35,4)40/h9,11,15-16,23,31-33,36,38-40H,5-8,10,12-14,17-22,24H2,1-4H3/b15-9+,29-16-,30-26-/t31-,32-,33+,34+,35+/m0/s1. The van der Waals surface area contributed by atoms with E-state index in [9.17, 15) is 25.2 Å². The van der Waals surface area contributed by atoms with Crippen LogP contribution in [0.25, 0.3) is 0 Å². The molecule has 5 atom stereocenters. The average molecular weight is 555 g/mol. The molecule has 3 fully saturated rings. The van der Waals surface area contributed by atoms with E-state index in [1.807, 2.05) is 26.0 Å². The fraction of sp³-hybridized carbons (Fsp3) is 0.686. The van der Waals surface area contributed by atoms with Crippen LogP contribution in [0.1, 0.15) is 111 Å². The van der Waals surface area contributed by atoms with E-state index in [0.29, 0.717) is 44.1 Å². The van der Waals surface area contributed by atoms with Crippen molar-refractivity contribution < 1.29 is 25.2 Å². The molecule has 3 rings (SSSR count). The fourth-order valence-corrected chi connectivity index (χ4v) is 7.94. The number of hydrogen-bond acceptors (Lipinski definition) is 5. The highest BCUT2D eigenvalue weighted by atomic mass is 16.3. The highest BCUT2D eigenvalue weighted by Gasteiger charge is 2.63. The van der Waals surface area contributed by atoms with Gasteiger partial charge in [-0.25, -0.2) is 0 Å². The molecule has 0 unspecified atom stereocenters. The van der Waals surface area contributed by atoms with Gasteiger partial charge in [0.05, 0.1) is 18.3 Å². The lowest BCUT2D eigenvalue weighted by atomic mass is 9.52. The summed E-state index contributed by atoms with van der Waals surface area (Å²) in [5.74, 6) is -0.466. The molecule has 0 aliphatic heterocycles. The third kappa shape index (κ3) is 7.15. The van der Waals surface area contributed by atoms with Crippen molar-refractivity contribution in [1.82, 2.24) is 0 Å². The lowest BCUT2D eigenvalue weighted by Gasteiger charge is -2.55. The second-order valence-electron chi connectivity index (χ2n) is 12.9. The quantitative estimate of drug-likeness (QED) is 0.0989. The van der Waals surface area contributed by atoms with Crippen molar-refractivity contribution >= 4 is 6.29 Å². The van der Waals surface area contributed by atoms with Crippen LogP contribution in [0.15, 0.2) is 57.7 Å². The molecule has 3 saturated carbocycles. The van der Waals surface area contributed by atoms with Crippen LogP contribution in [0.3, 0.4) is 0 Å². The number of carbonyl (C=O) groups excluding carboxylic acids is 1. The summed E-state index contributed by atoms with van der Waals surface area (Å²) < 4.78 is 0. The minimum Gasteiger partial charge on any atom is -0.396 e. The predicted molar refractivity (Wildman–Crippen MR) is 163 cm³/mol. The van der Waals surface area contributed by atoms with Gasteiger partial charge in [-0.2, -0.15) is 0 Å². The lowest BCUT2D eigenvalue weighted by Crippen LogP contribution is -2.59. The molecule has 5 heteroatoms. The maximum atomic E-state index is 12.0. The van der Waals surface area contributed by atoms with Crippen molar-refractivity contribution in [1.29, 1.82) is 0 Å². The van der Waals surface area contributed by atoms with Crippen molar-refractivity contribution in [3.05, 3.63) is 57.7 Å². The van der Waals surface area contributed by atoms with E-state index in [4.69, 9.17) is 0 Å². The van der Waals surface area contributed by atoms with Gasteiger partial charge in [0, 0.05) is 17.9 Å². The fourth-order valence-electron chi connectivity index (χ4n) is 7.94. The van der Waals surface area contributed by atoms with Crippen LogP contribution in [0.5, 0.6) is 0 Å². The van der Waals surface area contributed by atoms with Crippen molar-refractivity contribution in [2.75, 3.05) is 13.2 Å². The van der Waals surface area contributed by atoms with Gasteiger partial charge in [0.25, 0.3) is 0 Å². The van der Waals surface area contributed by atoms with Crippen molar-refractivity contribution in [3.8, 4) is 0 Å². The Kier molecular flexibility index (Phi) is 12.2. The van der Waals surface area contributed by atoms with Crippen LogP contribution in [0, 0.1) is 17.3 Å². The Bertz CT molecular complexity index is 1010. The molecule has 4 N–H and O–H groups in total. The first-order chi connectivity index (χ1) is 19.1. The van der Waals surface area contributed by atoms with Gasteiger partial charge >= 0.3 is 0 Å². The monoisotopic (exact) mass is 554 g/mol. The number of rotatable bonds is 11. The Balaban J connectivity index is 1.93. The summed E-state index contributed by atoms with van der Waals surface area (Å²) in [6.07, 6.45) is 20.2. The van der Waals surface area contributed by atoms with Crippen LogP contribution in [-0.2, 0) is 4.79 Å². The zero-order valence-corrected chi connectivity index (χ0v) is 25.4. The first-order valence-electron chi connectivity index (χ1n) is 15.6. The molecule has 0 saturated heterocycles. The highest BCUT2D eigenvalue weighted by molar-refractivity contribution is 5.74. The molecule has 0 heterocycles. The van der Waals surface area contributed by atoms with Gasteiger partial charge in [0.2, 0.25) is 0 Å². The van der Waals surface area contributed by atoms with Gasteiger partial charge in [0.1, 0.15) is 6.29 Å². The second-order valence-corrected chi connectivity index (χ2v) is 12.9. The third-order valence-electron chi connectivity index (χ3n) is 10.2. The van der Waals surface area contributed by atoms with Crippen molar-refractivity contribution in [2.45, 2.75) is 123 Å². The Morgan fingerprint density at radius 2 is 1.77 bits per heavy atom. The van der Waals surface area contributed by atoms with Gasteiger partial charge in [-0.05, 0) is 127 Å². The molecule has 0 amide bonds. The zero-order chi connectivity index (χ0) is 29.3. The number of carbonyl (C=O) groups is 1. The first-order valence-corrected chi connectivity index (χ1v) is 15.6. The van der Waals surface area contributed by atoms with Crippen molar-refractivity contribution in [2.24, 2.45) is 17.3 Å². The normalized spacial score (nSPS) is 32.5. The highest BCUT2D eigenvalue weighted by Crippen LogP contribution is 2.62. The van der Waals surface area contributed by atoms with Crippen LogP contribution >= 0.6 is 0 Å². The summed E-state index contributed by atoms with van der Waals surface area (Å²) in [5.41, 5.74) is 4.80. The van der Waals surface area contributed by atoms with Crippen molar-refractivity contribution in [3.63, 3.8) is 0 Å². The summed E-state index contributed by atoms with van der Waals surface area (Å²) in [5, 5.41) is 43.9. The predicted octanol–water partition coefficient (Wildman–Crippen LogP) is 6.67. The second kappa shape index (κ2) is 14.9. The maximum Gasteiger partial charge on any atom is 0.145 e. The largest absolute Gasteiger partial charge is 0.396 e. The molecule has 1 spiro atoms. The van der Waals surface area contributed by atoms with E-state index in [1.54, 1.807) is 5.57 Å². The van der Waals surface area contributed by atoms with Gasteiger partial charge in [-0.1, -0.05) is 47.4 Å². The molecule has 40 heavy (non-hydrogen) atoms. The number of allylic oxidation sites excluding steroid dienone is 9. The summed E-state index contributed by atoms with van der Waals surface area (Å²) in [6, 6.07) is 0. The smallest absolute Gasteiger partial charge is 0.145 e. The minimum absolute atomic E-state index is 0.0275. The summed E-state index contributed by atoms with van der Waals surface area (Å²) in [4.78, 5) is 11.8. The van der Waals surface area contributed by atoms with E-state index < -0.39 is 17.1 Å². The van der Waals surface area contributed by atoms with E-state index in [1.165, 1.54) is 30.4 Å². The van der Waals surface area contributed by atoms with E-state index in [2.05, 4.69) is 26.0 Å². The Hall–Kier alpha value is -1.79. The molecule has 0 bridgehead atoms. The first kappa shape index (κ1) is 32.7. The van der Waals surface area contributed by atoms with E-state index in [0.717, 1.165) is 43.1 Å². The number of aliphatic hydroxyl groups excluding tert-OH is 3. The molecular weight excluding hydrogens is 500 g/mol. The maximum absolute atomic E-state index is 12.0. The van der Waals surface area contributed by atoms with Crippen LogP contribution in [-0.4, -0.2) is 51.6 Å². The van der Waals surface area contributed by atoms with Gasteiger partial charge in [-0.3, -0.25) is 4.79 Å². The molecule has 0 radical (unpaired) electrons. The van der Waals surface area contributed by atoms with Crippen LogP contribution < -0.4 is 0 Å². The Labute approximate surface area is 242 Å². The third-order valence-corrected chi connectivity index (χ3v) is 10.2. The number of hydrogen-bond donors (Lipinski definition) is 4. The SMILES string of the molecule is CC(C)=CCCC(/C=C/C=C(/CO)[C@@H]1CC[C@]2([C@@H]1O)[C@@H](CCCO)/C(=C(/C)C=O)CC[C@@]2(C)O)=C1CCCCC1. The molecular formula is C35H54O5. The van der Waals surface area contributed by atoms with E-state index in [-0.39, 0.29) is 25.0 Å². The number of aliphatic hydroxyl groups is 4. The molecule has 224 valence electrons. The van der Waals surface area contributed by atoms with Gasteiger partial charge in [-0.15, -0.1) is 0 Å². The molecule has 0 aromatic rings. The summed E-state index contributed by atoms with van der Waals surface area (Å²) in [7, 11) is 0. The molecule has 3 aliphatic rings. The molecule has 0 aromatic carbocycles. The Morgan fingerprint density at radius 1 is 1.05 bits per heavy atom. The molecule has 0 aromatic heterocycles. The van der Waals surface area contributed by atoms with E-state index >= 15 is 0 Å². The van der Waals surface area contributed by atoms with Gasteiger partial charge < -0.3 is 20.4 Å². The zero-order valence-electron chi connectivity index (χ0n) is 25.4. The van der Waals surface area contributed by atoms with Crippen LogP contribution in [0.2, 0.25) is 0 Å². The molecule has 5 nitrogen and oxygen atoms in total. The minimum atomic E-state index is -1.12. The Morgan fingerprint density at radius 3 is 2.40 bits per heavy atom.